The number of hydrogen-bond donors (Lipinski definition) is 1. The van der Waals surface area contributed by atoms with Gasteiger partial charge in [-0.25, -0.2) is 0 Å². The SMILES string of the molecule is CCCN1CCN([C@H](C)C(=O)Nc2ccc(OCc3ccccc3)cc2)CC1. The van der Waals surface area contributed by atoms with Crippen LogP contribution in [-0.4, -0.2) is 54.5 Å². The molecule has 0 radical (unpaired) electrons. The fourth-order valence-electron chi connectivity index (χ4n) is 3.48. The van der Waals surface area contributed by atoms with Crippen LogP contribution in [-0.2, 0) is 11.4 Å². The van der Waals surface area contributed by atoms with Gasteiger partial charge in [0.2, 0.25) is 5.91 Å². The number of piperazine rings is 1. The summed E-state index contributed by atoms with van der Waals surface area (Å²) in [6.45, 7) is 9.85. The van der Waals surface area contributed by atoms with Crippen LogP contribution in [0.5, 0.6) is 5.75 Å². The van der Waals surface area contributed by atoms with Gasteiger partial charge in [-0.05, 0) is 49.7 Å². The van der Waals surface area contributed by atoms with E-state index in [1.807, 2.05) is 61.5 Å². The van der Waals surface area contributed by atoms with E-state index in [0.717, 1.165) is 49.7 Å². The highest BCUT2D eigenvalue weighted by molar-refractivity contribution is 5.94. The van der Waals surface area contributed by atoms with Crippen molar-refractivity contribution < 1.29 is 9.53 Å². The number of ether oxygens (including phenoxy) is 1. The van der Waals surface area contributed by atoms with E-state index in [9.17, 15) is 4.79 Å². The lowest BCUT2D eigenvalue weighted by Gasteiger charge is -2.37. The van der Waals surface area contributed by atoms with E-state index in [2.05, 4.69) is 22.0 Å². The van der Waals surface area contributed by atoms with Gasteiger partial charge in [-0.1, -0.05) is 37.3 Å². The van der Waals surface area contributed by atoms with Crippen LogP contribution in [0.4, 0.5) is 5.69 Å². The number of nitrogens with zero attached hydrogens (tertiary/aromatic N) is 2. The highest BCUT2D eigenvalue weighted by Crippen LogP contribution is 2.18. The highest BCUT2D eigenvalue weighted by Gasteiger charge is 2.25. The second-order valence-electron chi connectivity index (χ2n) is 7.34. The zero-order chi connectivity index (χ0) is 19.8. The van der Waals surface area contributed by atoms with E-state index >= 15 is 0 Å². The van der Waals surface area contributed by atoms with Crippen molar-refractivity contribution in [1.82, 2.24) is 9.80 Å². The molecule has 3 rings (SSSR count). The molecule has 1 aliphatic heterocycles. The fourth-order valence-corrected chi connectivity index (χ4v) is 3.48. The minimum atomic E-state index is -0.127. The molecule has 1 amide bonds. The van der Waals surface area contributed by atoms with Crippen molar-refractivity contribution in [3.63, 3.8) is 0 Å². The minimum absolute atomic E-state index is 0.0434. The molecule has 1 atom stereocenters. The van der Waals surface area contributed by atoms with Crippen molar-refractivity contribution in [2.45, 2.75) is 32.9 Å². The summed E-state index contributed by atoms with van der Waals surface area (Å²) in [4.78, 5) is 17.3. The molecule has 0 aromatic heterocycles. The zero-order valence-electron chi connectivity index (χ0n) is 16.9. The van der Waals surface area contributed by atoms with Gasteiger partial charge in [-0.2, -0.15) is 0 Å². The lowest BCUT2D eigenvalue weighted by Crippen LogP contribution is -2.52. The van der Waals surface area contributed by atoms with E-state index < -0.39 is 0 Å². The average Bonchev–Trinajstić information content (AvgIpc) is 2.74. The molecule has 2 aromatic carbocycles. The first-order valence-electron chi connectivity index (χ1n) is 10.2. The van der Waals surface area contributed by atoms with Crippen LogP contribution < -0.4 is 10.1 Å². The molecule has 0 saturated carbocycles. The third-order valence-corrected chi connectivity index (χ3v) is 5.24. The Bertz CT molecular complexity index is 725. The standard InChI is InChI=1S/C23H31N3O2/c1-3-13-25-14-16-26(17-15-25)19(2)23(27)24-21-9-11-22(12-10-21)28-18-20-7-5-4-6-8-20/h4-12,19H,3,13-18H2,1-2H3,(H,24,27)/t19-/m1/s1. The van der Waals surface area contributed by atoms with Crippen LogP contribution in [0.25, 0.3) is 0 Å². The van der Waals surface area contributed by atoms with Gasteiger partial charge in [0.15, 0.2) is 0 Å². The van der Waals surface area contributed by atoms with Crippen molar-refractivity contribution in [2.75, 3.05) is 38.0 Å². The van der Waals surface area contributed by atoms with Gasteiger partial charge in [0.05, 0.1) is 6.04 Å². The van der Waals surface area contributed by atoms with E-state index in [4.69, 9.17) is 4.74 Å². The number of carbonyl (C=O) groups is 1. The summed E-state index contributed by atoms with van der Waals surface area (Å²) in [5.74, 6) is 0.837. The Labute approximate surface area is 168 Å². The molecule has 1 saturated heterocycles. The second kappa shape index (κ2) is 10.2. The quantitative estimate of drug-likeness (QED) is 0.759. The van der Waals surface area contributed by atoms with Crippen LogP contribution >= 0.6 is 0 Å². The summed E-state index contributed by atoms with van der Waals surface area (Å²) in [5, 5.41) is 3.03. The molecule has 0 aliphatic carbocycles. The normalized spacial score (nSPS) is 16.5. The third kappa shape index (κ3) is 5.81. The molecular weight excluding hydrogens is 350 g/mol. The van der Waals surface area contributed by atoms with Crippen LogP contribution in [0.15, 0.2) is 54.6 Å². The summed E-state index contributed by atoms with van der Waals surface area (Å²) >= 11 is 0. The number of carbonyl (C=O) groups excluding carboxylic acids is 1. The molecule has 1 fully saturated rings. The molecule has 0 bridgehead atoms. The van der Waals surface area contributed by atoms with Gasteiger partial charge in [0, 0.05) is 31.9 Å². The third-order valence-electron chi connectivity index (χ3n) is 5.24. The molecule has 0 spiro atoms. The summed E-state index contributed by atoms with van der Waals surface area (Å²) in [6, 6.07) is 17.5. The topological polar surface area (TPSA) is 44.8 Å². The van der Waals surface area contributed by atoms with Crippen molar-refractivity contribution >= 4 is 11.6 Å². The minimum Gasteiger partial charge on any atom is -0.489 e. The first kappa shape index (κ1) is 20.4. The van der Waals surface area contributed by atoms with Crippen LogP contribution in [0.3, 0.4) is 0 Å². The maximum atomic E-state index is 12.6. The Morgan fingerprint density at radius 3 is 2.36 bits per heavy atom. The van der Waals surface area contributed by atoms with E-state index in [0.29, 0.717) is 6.61 Å². The smallest absolute Gasteiger partial charge is 0.241 e. The fraction of sp³-hybridized carbons (Fsp3) is 0.435. The summed E-state index contributed by atoms with van der Waals surface area (Å²) in [7, 11) is 0. The van der Waals surface area contributed by atoms with Crippen LogP contribution in [0, 0.1) is 0 Å². The second-order valence-corrected chi connectivity index (χ2v) is 7.34. The van der Waals surface area contributed by atoms with Crippen molar-refractivity contribution in [1.29, 1.82) is 0 Å². The molecule has 28 heavy (non-hydrogen) atoms. The molecule has 5 heteroatoms. The Morgan fingerprint density at radius 1 is 1.04 bits per heavy atom. The highest BCUT2D eigenvalue weighted by atomic mass is 16.5. The predicted molar refractivity (Wildman–Crippen MR) is 114 cm³/mol. The predicted octanol–water partition coefficient (Wildman–Crippen LogP) is 3.62. The lowest BCUT2D eigenvalue weighted by atomic mass is 10.2. The molecule has 2 aromatic rings. The Hall–Kier alpha value is -2.37. The average molecular weight is 382 g/mol. The van der Waals surface area contributed by atoms with Crippen molar-refractivity contribution in [3.05, 3.63) is 60.2 Å². The van der Waals surface area contributed by atoms with Gasteiger partial charge in [0.1, 0.15) is 12.4 Å². The van der Waals surface area contributed by atoms with E-state index in [1.165, 1.54) is 6.42 Å². The number of nitrogens with one attached hydrogen (secondary N) is 1. The molecule has 1 aliphatic rings. The molecule has 5 nitrogen and oxygen atoms in total. The molecule has 0 unspecified atom stereocenters. The molecule has 1 heterocycles. The largest absolute Gasteiger partial charge is 0.489 e. The summed E-state index contributed by atoms with van der Waals surface area (Å²) < 4.78 is 5.80. The maximum absolute atomic E-state index is 12.6. The number of rotatable bonds is 8. The van der Waals surface area contributed by atoms with Crippen molar-refractivity contribution in [2.24, 2.45) is 0 Å². The van der Waals surface area contributed by atoms with Crippen LogP contribution in [0.1, 0.15) is 25.8 Å². The van der Waals surface area contributed by atoms with Crippen LogP contribution in [0.2, 0.25) is 0 Å². The molecule has 150 valence electrons. The zero-order valence-corrected chi connectivity index (χ0v) is 16.9. The number of amides is 1. The summed E-state index contributed by atoms with van der Waals surface area (Å²) in [6.07, 6.45) is 1.18. The van der Waals surface area contributed by atoms with Gasteiger partial charge in [-0.15, -0.1) is 0 Å². The summed E-state index contributed by atoms with van der Waals surface area (Å²) in [5.41, 5.74) is 1.93. The van der Waals surface area contributed by atoms with Gasteiger partial charge >= 0.3 is 0 Å². The van der Waals surface area contributed by atoms with Crippen molar-refractivity contribution in [3.8, 4) is 5.75 Å². The monoisotopic (exact) mass is 381 g/mol. The van der Waals surface area contributed by atoms with Gasteiger partial charge in [-0.3, -0.25) is 9.69 Å². The number of hydrogen-bond acceptors (Lipinski definition) is 4. The van der Waals surface area contributed by atoms with Gasteiger partial charge < -0.3 is 15.0 Å². The van der Waals surface area contributed by atoms with E-state index in [-0.39, 0.29) is 11.9 Å². The van der Waals surface area contributed by atoms with Gasteiger partial charge in [0.25, 0.3) is 0 Å². The van der Waals surface area contributed by atoms with E-state index in [1.54, 1.807) is 0 Å². The number of anilines is 1. The Kier molecular flexibility index (Phi) is 7.46. The molecular formula is C23H31N3O2. The first-order chi connectivity index (χ1) is 13.7. The molecule has 1 N–H and O–H groups in total. The number of benzene rings is 2. The lowest BCUT2D eigenvalue weighted by molar-refractivity contribution is -0.121. The Morgan fingerprint density at radius 2 is 1.71 bits per heavy atom. The maximum Gasteiger partial charge on any atom is 0.241 e. The first-order valence-corrected chi connectivity index (χ1v) is 10.2. The Balaban J connectivity index is 1.46.